The number of thiophene rings is 1. The molecule has 0 saturated carbocycles. The molecule has 0 aliphatic rings. The highest BCUT2D eigenvalue weighted by atomic mass is 32.1. The minimum atomic E-state index is -1.04. The Hall–Kier alpha value is -1.23. The third kappa shape index (κ3) is 0.906. The maximum Gasteiger partial charge on any atom is 0.338 e. The predicted octanol–water partition coefficient (Wildman–Crippen LogP) is 0.611. The van der Waals surface area contributed by atoms with Crippen LogP contribution >= 0.6 is 11.3 Å². The van der Waals surface area contributed by atoms with Crippen LogP contribution in [0.25, 0.3) is 0 Å². The first-order chi connectivity index (χ1) is 4.63. The van der Waals surface area contributed by atoms with E-state index in [9.17, 15) is 4.79 Å². The Morgan fingerprint density at radius 2 is 2.20 bits per heavy atom. The number of aromatic carboxylic acids is 1. The van der Waals surface area contributed by atoms with Crippen LogP contribution in [-0.4, -0.2) is 11.1 Å². The van der Waals surface area contributed by atoms with E-state index >= 15 is 0 Å². The summed E-state index contributed by atoms with van der Waals surface area (Å²) in [4.78, 5) is 10.3. The Morgan fingerprint density at radius 3 is 2.40 bits per heavy atom. The van der Waals surface area contributed by atoms with Crippen LogP contribution in [0.3, 0.4) is 0 Å². The molecule has 0 aliphatic carbocycles. The molecule has 0 saturated heterocycles. The highest BCUT2D eigenvalue weighted by Crippen LogP contribution is 2.26. The third-order valence-corrected chi connectivity index (χ3v) is 1.92. The third-order valence-electron chi connectivity index (χ3n) is 1.09. The lowest BCUT2D eigenvalue weighted by Gasteiger charge is -1.90. The quantitative estimate of drug-likeness (QED) is 0.558. The topological polar surface area (TPSA) is 89.3 Å². The van der Waals surface area contributed by atoms with E-state index in [0.717, 1.165) is 11.3 Å². The summed E-state index contributed by atoms with van der Waals surface area (Å²) in [6.45, 7) is 0. The van der Waals surface area contributed by atoms with E-state index < -0.39 is 5.97 Å². The van der Waals surface area contributed by atoms with Crippen LogP contribution in [0.4, 0.5) is 10.7 Å². The lowest BCUT2D eigenvalue weighted by molar-refractivity contribution is 0.0698. The van der Waals surface area contributed by atoms with E-state index in [1.807, 2.05) is 0 Å². The molecule has 0 atom stereocenters. The molecule has 5 heteroatoms. The Balaban J connectivity index is 3.17. The van der Waals surface area contributed by atoms with Gasteiger partial charge in [-0.3, -0.25) is 0 Å². The summed E-state index contributed by atoms with van der Waals surface area (Å²) in [5.74, 6) is -1.04. The van der Waals surface area contributed by atoms with Gasteiger partial charge >= 0.3 is 5.97 Å². The largest absolute Gasteiger partial charge is 0.478 e. The van der Waals surface area contributed by atoms with Crippen LogP contribution in [0, 0.1) is 0 Å². The predicted molar refractivity (Wildman–Crippen MR) is 40.1 cm³/mol. The molecule has 5 N–H and O–H groups in total. The first-order valence-corrected chi connectivity index (χ1v) is 3.36. The number of nitrogen functional groups attached to an aromatic ring is 2. The Morgan fingerprint density at radius 1 is 1.60 bits per heavy atom. The first-order valence-electron chi connectivity index (χ1n) is 2.48. The van der Waals surface area contributed by atoms with E-state index in [-0.39, 0.29) is 11.3 Å². The molecule has 1 rings (SSSR count). The van der Waals surface area contributed by atoms with Crippen LogP contribution in [0.1, 0.15) is 10.4 Å². The zero-order valence-electron chi connectivity index (χ0n) is 5.00. The molecule has 0 bridgehead atoms. The van der Waals surface area contributed by atoms with Gasteiger partial charge in [-0.1, -0.05) is 0 Å². The van der Waals surface area contributed by atoms with Gasteiger partial charge in [-0.05, 0) is 0 Å². The highest BCUT2D eigenvalue weighted by Gasteiger charge is 2.11. The molecular formula is C5H6N2O2S. The zero-order chi connectivity index (χ0) is 7.72. The summed E-state index contributed by atoms with van der Waals surface area (Å²) in [5, 5.41) is 10.2. The number of hydrogen-bond acceptors (Lipinski definition) is 4. The molecule has 1 aromatic rings. The lowest BCUT2D eigenvalue weighted by atomic mass is 10.3. The number of nitrogens with two attached hydrogens (primary N) is 2. The van der Waals surface area contributed by atoms with Crippen molar-refractivity contribution in [1.29, 1.82) is 0 Å². The van der Waals surface area contributed by atoms with Gasteiger partial charge in [0, 0.05) is 5.38 Å². The standard InChI is InChI=1S/C5H6N2O2S/c6-3-2(5(8)9)1-10-4(3)7/h1H,6-7H2,(H,8,9). The summed E-state index contributed by atoms with van der Waals surface area (Å²) in [5.41, 5.74) is 10.9. The molecule has 4 nitrogen and oxygen atoms in total. The van der Waals surface area contributed by atoms with Crippen molar-refractivity contribution in [2.75, 3.05) is 11.5 Å². The van der Waals surface area contributed by atoms with Gasteiger partial charge in [0.05, 0.1) is 11.3 Å². The normalized spacial score (nSPS) is 9.60. The van der Waals surface area contributed by atoms with Crippen molar-refractivity contribution in [2.24, 2.45) is 0 Å². The summed E-state index contributed by atoms with van der Waals surface area (Å²) in [6, 6.07) is 0. The van der Waals surface area contributed by atoms with Gasteiger partial charge in [-0.25, -0.2) is 4.79 Å². The molecular weight excluding hydrogens is 152 g/mol. The SMILES string of the molecule is Nc1scc(C(=O)O)c1N. The second kappa shape index (κ2) is 2.18. The molecule has 0 unspecified atom stereocenters. The van der Waals surface area contributed by atoms with E-state index in [4.69, 9.17) is 16.6 Å². The minimum absolute atomic E-state index is 0.0856. The van der Waals surface area contributed by atoms with Crippen LogP contribution in [0.2, 0.25) is 0 Å². The monoisotopic (exact) mass is 158 g/mol. The van der Waals surface area contributed by atoms with Crippen LogP contribution < -0.4 is 11.5 Å². The van der Waals surface area contributed by atoms with E-state index in [1.54, 1.807) is 0 Å². The van der Waals surface area contributed by atoms with Crippen molar-refractivity contribution in [3.05, 3.63) is 10.9 Å². The van der Waals surface area contributed by atoms with Gasteiger partial charge in [0.25, 0.3) is 0 Å². The van der Waals surface area contributed by atoms with Gasteiger partial charge in [0.15, 0.2) is 0 Å². The van der Waals surface area contributed by atoms with Gasteiger partial charge in [0.1, 0.15) is 5.00 Å². The van der Waals surface area contributed by atoms with E-state index in [0.29, 0.717) is 5.00 Å². The smallest absolute Gasteiger partial charge is 0.338 e. The second-order valence-electron chi connectivity index (χ2n) is 1.73. The fourth-order valence-corrected chi connectivity index (χ4v) is 1.26. The Bertz CT molecular complexity index is 269. The molecule has 10 heavy (non-hydrogen) atoms. The summed E-state index contributed by atoms with van der Waals surface area (Å²) in [7, 11) is 0. The first kappa shape index (κ1) is 6.88. The van der Waals surface area contributed by atoms with Crippen molar-refractivity contribution < 1.29 is 9.90 Å². The van der Waals surface area contributed by atoms with Crippen molar-refractivity contribution >= 4 is 28.0 Å². The molecule has 0 aliphatic heterocycles. The highest BCUT2D eigenvalue weighted by molar-refractivity contribution is 7.15. The number of carboxylic acid groups (broad SMARTS) is 1. The molecule has 54 valence electrons. The molecule has 1 aromatic heterocycles. The molecule has 0 aromatic carbocycles. The summed E-state index contributed by atoms with van der Waals surface area (Å²) >= 11 is 1.13. The molecule has 1 heterocycles. The van der Waals surface area contributed by atoms with Crippen LogP contribution in [0.15, 0.2) is 5.38 Å². The van der Waals surface area contributed by atoms with Crippen molar-refractivity contribution in [2.45, 2.75) is 0 Å². The fourth-order valence-electron chi connectivity index (χ4n) is 0.548. The molecule has 0 amide bonds. The molecule has 0 radical (unpaired) electrons. The number of hydrogen-bond donors (Lipinski definition) is 3. The number of carbonyl (C=O) groups is 1. The summed E-state index contributed by atoms with van der Waals surface area (Å²) in [6.07, 6.45) is 0. The van der Waals surface area contributed by atoms with E-state index in [2.05, 4.69) is 0 Å². The van der Waals surface area contributed by atoms with Crippen LogP contribution in [-0.2, 0) is 0 Å². The maximum absolute atomic E-state index is 10.3. The van der Waals surface area contributed by atoms with Gasteiger partial charge in [-0.2, -0.15) is 0 Å². The number of rotatable bonds is 1. The fraction of sp³-hybridized carbons (Fsp3) is 0. The number of carboxylic acids is 1. The zero-order valence-corrected chi connectivity index (χ0v) is 5.81. The van der Waals surface area contributed by atoms with Crippen LogP contribution in [0.5, 0.6) is 0 Å². The minimum Gasteiger partial charge on any atom is -0.478 e. The van der Waals surface area contributed by atoms with Gasteiger partial charge < -0.3 is 16.6 Å². The maximum atomic E-state index is 10.3. The average Bonchev–Trinajstić information content (AvgIpc) is 2.14. The van der Waals surface area contributed by atoms with Gasteiger partial charge in [0.2, 0.25) is 0 Å². The van der Waals surface area contributed by atoms with E-state index in [1.165, 1.54) is 5.38 Å². The van der Waals surface area contributed by atoms with Crippen molar-refractivity contribution in [3.63, 3.8) is 0 Å². The number of anilines is 2. The molecule has 0 spiro atoms. The lowest BCUT2D eigenvalue weighted by Crippen LogP contribution is -1.99. The van der Waals surface area contributed by atoms with Crippen molar-refractivity contribution in [3.8, 4) is 0 Å². The summed E-state index contributed by atoms with van der Waals surface area (Å²) < 4.78 is 0. The van der Waals surface area contributed by atoms with Gasteiger partial charge in [-0.15, -0.1) is 11.3 Å². The average molecular weight is 158 g/mol. The second-order valence-corrected chi connectivity index (χ2v) is 2.64. The van der Waals surface area contributed by atoms with Crippen molar-refractivity contribution in [1.82, 2.24) is 0 Å². The Kier molecular flexibility index (Phi) is 1.50. The Labute approximate surface area is 61.1 Å². The molecule has 0 fully saturated rings.